The SMILES string of the molecule is CC(C)(CNc1nc2c(C#N)cccc2[nH]1)c1cccc(C#N)c1. The Balaban J connectivity index is 1.82. The number of hydrogen-bond acceptors (Lipinski definition) is 4. The summed E-state index contributed by atoms with van der Waals surface area (Å²) < 4.78 is 0. The van der Waals surface area contributed by atoms with Gasteiger partial charge in [0.2, 0.25) is 5.95 Å². The summed E-state index contributed by atoms with van der Waals surface area (Å²) in [6.07, 6.45) is 0. The molecule has 2 aromatic carbocycles. The van der Waals surface area contributed by atoms with Crippen LogP contribution in [0.15, 0.2) is 42.5 Å². The first kappa shape index (κ1) is 15.6. The number of benzene rings is 2. The van der Waals surface area contributed by atoms with E-state index in [1.165, 1.54) is 0 Å². The number of anilines is 1. The van der Waals surface area contributed by atoms with Crippen molar-refractivity contribution in [2.45, 2.75) is 19.3 Å². The maximum atomic E-state index is 9.15. The van der Waals surface area contributed by atoms with Crippen molar-refractivity contribution in [1.29, 1.82) is 10.5 Å². The van der Waals surface area contributed by atoms with E-state index in [-0.39, 0.29) is 5.41 Å². The molecule has 24 heavy (non-hydrogen) atoms. The molecule has 1 aromatic heterocycles. The highest BCUT2D eigenvalue weighted by Gasteiger charge is 2.21. The number of nitriles is 2. The normalized spacial score (nSPS) is 11.0. The molecule has 2 N–H and O–H groups in total. The minimum Gasteiger partial charge on any atom is -0.355 e. The van der Waals surface area contributed by atoms with Crippen LogP contribution in [0.5, 0.6) is 0 Å². The van der Waals surface area contributed by atoms with Gasteiger partial charge in [0.15, 0.2) is 0 Å². The van der Waals surface area contributed by atoms with Crippen LogP contribution in [0.3, 0.4) is 0 Å². The van der Waals surface area contributed by atoms with Gasteiger partial charge in [-0.25, -0.2) is 4.98 Å². The second-order valence-electron chi connectivity index (χ2n) is 6.33. The summed E-state index contributed by atoms with van der Waals surface area (Å²) in [5.74, 6) is 0.636. The molecule has 0 bridgehead atoms. The van der Waals surface area contributed by atoms with E-state index in [1.54, 1.807) is 12.1 Å². The fourth-order valence-electron chi connectivity index (χ4n) is 2.62. The molecule has 5 heteroatoms. The van der Waals surface area contributed by atoms with Crippen LogP contribution in [-0.4, -0.2) is 16.5 Å². The fraction of sp³-hybridized carbons (Fsp3) is 0.211. The summed E-state index contributed by atoms with van der Waals surface area (Å²) in [7, 11) is 0. The molecule has 0 amide bonds. The molecule has 1 heterocycles. The number of H-pyrrole nitrogens is 1. The second-order valence-corrected chi connectivity index (χ2v) is 6.33. The van der Waals surface area contributed by atoms with Crippen molar-refractivity contribution in [3.63, 3.8) is 0 Å². The lowest BCUT2D eigenvalue weighted by Crippen LogP contribution is -2.28. The molecule has 0 spiro atoms. The highest BCUT2D eigenvalue weighted by Crippen LogP contribution is 2.25. The Morgan fingerprint density at radius 1 is 1.12 bits per heavy atom. The van der Waals surface area contributed by atoms with Crippen molar-refractivity contribution >= 4 is 17.0 Å². The third-order valence-corrected chi connectivity index (χ3v) is 4.10. The standard InChI is InChI=1S/C19H17N5/c1-19(2,15-7-3-5-13(9-15)10-20)12-22-18-23-16-8-4-6-14(11-21)17(16)24-18/h3-9H,12H2,1-2H3,(H2,22,23,24). The molecular formula is C19H17N5. The van der Waals surface area contributed by atoms with Gasteiger partial charge in [-0.05, 0) is 29.8 Å². The summed E-state index contributed by atoms with van der Waals surface area (Å²) >= 11 is 0. The van der Waals surface area contributed by atoms with Gasteiger partial charge in [-0.3, -0.25) is 0 Å². The second kappa shape index (κ2) is 6.06. The van der Waals surface area contributed by atoms with Crippen LogP contribution < -0.4 is 5.32 Å². The summed E-state index contributed by atoms with van der Waals surface area (Å²) in [5, 5.41) is 21.5. The number of nitrogens with one attached hydrogen (secondary N) is 2. The number of aromatic nitrogens is 2. The van der Waals surface area contributed by atoms with Crippen LogP contribution in [-0.2, 0) is 5.41 Å². The van der Waals surface area contributed by atoms with Gasteiger partial charge in [-0.2, -0.15) is 10.5 Å². The number of imidazole rings is 1. The lowest BCUT2D eigenvalue weighted by Gasteiger charge is -2.25. The molecule has 0 radical (unpaired) electrons. The molecule has 0 saturated carbocycles. The lowest BCUT2D eigenvalue weighted by atomic mass is 9.84. The molecule has 0 aliphatic rings. The van der Waals surface area contributed by atoms with Crippen molar-refractivity contribution in [3.8, 4) is 12.1 Å². The molecule has 0 saturated heterocycles. The highest BCUT2D eigenvalue weighted by atomic mass is 15.1. The molecular weight excluding hydrogens is 298 g/mol. The summed E-state index contributed by atoms with van der Waals surface area (Å²) in [6.45, 7) is 4.86. The minimum absolute atomic E-state index is 0.177. The van der Waals surface area contributed by atoms with E-state index in [9.17, 15) is 0 Å². The molecule has 0 atom stereocenters. The van der Waals surface area contributed by atoms with Crippen molar-refractivity contribution < 1.29 is 0 Å². The Labute approximate surface area is 140 Å². The van der Waals surface area contributed by atoms with Gasteiger partial charge < -0.3 is 10.3 Å². The number of aromatic amines is 1. The van der Waals surface area contributed by atoms with Gasteiger partial charge in [-0.15, -0.1) is 0 Å². The van der Waals surface area contributed by atoms with Gasteiger partial charge in [-0.1, -0.05) is 32.0 Å². The fourth-order valence-corrected chi connectivity index (χ4v) is 2.62. The van der Waals surface area contributed by atoms with E-state index >= 15 is 0 Å². The average molecular weight is 315 g/mol. The molecule has 3 aromatic rings. The predicted octanol–water partition coefficient (Wildman–Crippen LogP) is 3.70. The summed E-state index contributed by atoms with van der Waals surface area (Å²) in [4.78, 5) is 7.66. The third-order valence-electron chi connectivity index (χ3n) is 4.10. The van der Waals surface area contributed by atoms with Gasteiger partial charge in [0, 0.05) is 12.0 Å². The number of nitrogens with zero attached hydrogens (tertiary/aromatic N) is 3. The molecule has 0 aliphatic carbocycles. The Bertz CT molecular complexity index is 969. The highest BCUT2D eigenvalue weighted by molar-refractivity contribution is 5.83. The van der Waals surface area contributed by atoms with Crippen molar-refractivity contribution in [1.82, 2.24) is 9.97 Å². The first-order valence-electron chi connectivity index (χ1n) is 7.67. The molecule has 118 valence electrons. The van der Waals surface area contributed by atoms with E-state index < -0.39 is 0 Å². The van der Waals surface area contributed by atoms with Crippen LogP contribution in [0.1, 0.15) is 30.5 Å². The number of hydrogen-bond donors (Lipinski definition) is 2. The van der Waals surface area contributed by atoms with Crippen LogP contribution in [0.4, 0.5) is 5.95 Å². The Hall–Kier alpha value is -3.31. The maximum Gasteiger partial charge on any atom is 0.201 e. The lowest BCUT2D eigenvalue weighted by molar-refractivity contribution is 0.555. The van der Waals surface area contributed by atoms with Gasteiger partial charge in [0.1, 0.15) is 11.6 Å². The third kappa shape index (κ3) is 2.93. The number of rotatable bonds is 4. The van der Waals surface area contributed by atoms with Crippen LogP contribution in [0, 0.1) is 22.7 Å². The number of fused-ring (bicyclic) bond motifs is 1. The van der Waals surface area contributed by atoms with Crippen LogP contribution in [0.25, 0.3) is 11.0 Å². The molecule has 0 unspecified atom stereocenters. The van der Waals surface area contributed by atoms with Crippen molar-refractivity contribution in [2.75, 3.05) is 11.9 Å². The first-order valence-corrected chi connectivity index (χ1v) is 7.67. The van der Waals surface area contributed by atoms with E-state index in [0.717, 1.165) is 11.1 Å². The van der Waals surface area contributed by atoms with Crippen LogP contribution in [0.2, 0.25) is 0 Å². The van der Waals surface area contributed by atoms with E-state index in [4.69, 9.17) is 10.5 Å². The monoisotopic (exact) mass is 315 g/mol. The smallest absolute Gasteiger partial charge is 0.201 e. The first-order chi connectivity index (χ1) is 11.5. The van der Waals surface area contributed by atoms with E-state index in [1.807, 2.05) is 30.3 Å². The largest absolute Gasteiger partial charge is 0.355 e. The molecule has 0 fully saturated rings. The van der Waals surface area contributed by atoms with Gasteiger partial charge in [0.05, 0.1) is 22.7 Å². The predicted molar refractivity (Wildman–Crippen MR) is 93.5 cm³/mol. The molecule has 0 aliphatic heterocycles. The zero-order valence-corrected chi connectivity index (χ0v) is 13.6. The zero-order valence-electron chi connectivity index (χ0n) is 13.6. The van der Waals surface area contributed by atoms with Crippen molar-refractivity contribution in [2.24, 2.45) is 0 Å². The summed E-state index contributed by atoms with van der Waals surface area (Å²) in [6, 6.07) is 17.4. The Kier molecular flexibility index (Phi) is 3.93. The molecule has 3 rings (SSSR count). The quantitative estimate of drug-likeness (QED) is 0.768. The van der Waals surface area contributed by atoms with Crippen LogP contribution >= 0.6 is 0 Å². The topological polar surface area (TPSA) is 88.3 Å². The minimum atomic E-state index is -0.177. The zero-order chi connectivity index (χ0) is 17.2. The van der Waals surface area contributed by atoms with E-state index in [2.05, 4.69) is 41.3 Å². The van der Waals surface area contributed by atoms with E-state index in [0.29, 0.717) is 29.1 Å². The van der Waals surface area contributed by atoms with Gasteiger partial charge in [0.25, 0.3) is 0 Å². The summed E-state index contributed by atoms with van der Waals surface area (Å²) in [5.41, 5.74) is 3.63. The van der Waals surface area contributed by atoms with Crippen molar-refractivity contribution in [3.05, 3.63) is 59.2 Å². The molecule has 5 nitrogen and oxygen atoms in total. The maximum absolute atomic E-state index is 9.15. The Morgan fingerprint density at radius 2 is 1.92 bits per heavy atom. The Morgan fingerprint density at radius 3 is 2.67 bits per heavy atom. The number of para-hydroxylation sites is 1. The average Bonchev–Trinajstić information content (AvgIpc) is 3.03. The van der Waals surface area contributed by atoms with Gasteiger partial charge >= 0.3 is 0 Å².